The van der Waals surface area contributed by atoms with Gasteiger partial charge in [-0.15, -0.1) is 0 Å². The Kier molecular flexibility index (Phi) is 4.20. The molecule has 1 heterocycles. The summed E-state index contributed by atoms with van der Waals surface area (Å²) >= 11 is 0. The van der Waals surface area contributed by atoms with E-state index in [1.54, 1.807) is 12.1 Å². The highest BCUT2D eigenvalue weighted by atomic mass is 16.5. The fraction of sp³-hybridized carbons (Fsp3) is 0.400. The number of aromatic nitrogens is 1. The van der Waals surface area contributed by atoms with Crippen molar-refractivity contribution in [2.24, 2.45) is 5.73 Å². The van der Waals surface area contributed by atoms with Crippen molar-refractivity contribution in [1.82, 2.24) is 4.98 Å². The first kappa shape index (κ1) is 11.6. The van der Waals surface area contributed by atoms with Gasteiger partial charge in [0, 0.05) is 24.4 Å². The molecule has 1 atom stereocenters. The van der Waals surface area contributed by atoms with Gasteiger partial charge in [0.25, 0.3) is 0 Å². The van der Waals surface area contributed by atoms with Crippen molar-refractivity contribution in [2.75, 3.05) is 13.7 Å². The summed E-state index contributed by atoms with van der Waals surface area (Å²) in [5, 5.41) is 8.75. The van der Waals surface area contributed by atoms with Gasteiger partial charge in [0.1, 0.15) is 0 Å². The van der Waals surface area contributed by atoms with Crippen LogP contribution in [-0.2, 0) is 11.2 Å². The number of carbonyl (C=O) groups is 1. The fourth-order valence-corrected chi connectivity index (χ4v) is 1.12. The molecule has 5 nitrogen and oxygen atoms in total. The van der Waals surface area contributed by atoms with Crippen molar-refractivity contribution < 1.29 is 14.6 Å². The fourth-order valence-electron chi connectivity index (χ4n) is 1.12. The minimum absolute atomic E-state index is 0.0829. The number of aliphatic hydroxyl groups is 1. The smallest absolute Gasteiger partial charge is 0.339 e. The Balaban J connectivity index is 2.68. The Morgan fingerprint density at radius 1 is 1.67 bits per heavy atom. The van der Waals surface area contributed by atoms with Crippen LogP contribution in [0.1, 0.15) is 16.1 Å². The van der Waals surface area contributed by atoms with Crippen LogP contribution in [0, 0.1) is 0 Å². The van der Waals surface area contributed by atoms with Crippen molar-refractivity contribution in [2.45, 2.75) is 12.5 Å². The van der Waals surface area contributed by atoms with Gasteiger partial charge in [-0.25, -0.2) is 4.79 Å². The number of hydrogen-bond donors (Lipinski definition) is 2. The molecule has 0 radical (unpaired) electrons. The summed E-state index contributed by atoms with van der Waals surface area (Å²) < 4.78 is 4.53. The molecular formula is C10H14N2O3. The largest absolute Gasteiger partial charge is 0.465 e. The van der Waals surface area contributed by atoms with Crippen LogP contribution >= 0.6 is 0 Å². The molecule has 1 unspecified atom stereocenters. The normalized spacial score (nSPS) is 12.2. The molecule has 1 aromatic heterocycles. The minimum Gasteiger partial charge on any atom is -0.465 e. The first-order valence-corrected chi connectivity index (χ1v) is 4.57. The molecule has 3 N–H and O–H groups in total. The number of pyridine rings is 1. The predicted molar refractivity (Wildman–Crippen MR) is 54.3 cm³/mol. The molecular weight excluding hydrogens is 196 g/mol. The van der Waals surface area contributed by atoms with Gasteiger partial charge >= 0.3 is 5.97 Å². The lowest BCUT2D eigenvalue weighted by atomic mass is 10.1. The Morgan fingerprint density at radius 3 is 2.87 bits per heavy atom. The maximum Gasteiger partial charge on any atom is 0.339 e. The van der Waals surface area contributed by atoms with Crippen LogP contribution in [0.3, 0.4) is 0 Å². The maximum absolute atomic E-state index is 11.1. The predicted octanol–water partition coefficient (Wildman–Crippen LogP) is -0.270. The van der Waals surface area contributed by atoms with Crippen LogP contribution in [0.25, 0.3) is 0 Å². The third kappa shape index (κ3) is 3.30. The lowest BCUT2D eigenvalue weighted by molar-refractivity contribution is 0.0600. The number of methoxy groups -OCH3 is 1. The highest BCUT2D eigenvalue weighted by Gasteiger charge is 2.07. The number of nitrogens with zero attached hydrogens (tertiary/aromatic N) is 1. The van der Waals surface area contributed by atoms with E-state index < -0.39 is 5.97 Å². The minimum atomic E-state index is -0.416. The second-order valence-electron chi connectivity index (χ2n) is 3.18. The zero-order valence-electron chi connectivity index (χ0n) is 8.51. The number of aliphatic hydroxyl groups excluding tert-OH is 1. The summed E-state index contributed by atoms with van der Waals surface area (Å²) in [6.07, 6.45) is 1.92. The third-order valence-electron chi connectivity index (χ3n) is 1.95. The standard InChI is InChI=1S/C10H14N2O3/c1-15-10(14)7-2-3-9(12-5-7)4-8(11)6-13/h2-3,5,8,13H,4,6,11H2,1H3. The number of carbonyl (C=O) groups excluding carboxylic acids is 1. The van der Waals surface area contributed by atoms with Gasteiger partial charge in [0.15, 0.2) is 0 Å². The molecule has 0 aliphatic rings. The lowest BCUT2D eigenvalue weighted by Crippen LogP contribution is -2.27. The Hall–Kier alpha value is -1.46. The van der Waals surface area contributed by atoms with Crippen LogP contribution in [0.5, 0.6) is 0 Å². The van der Waals surface area contributed by atoms with E-state index in [2.05, 4.69) is 9.72 Å². The Morgan fingerprint density at radius 2 is 2.40 bits per heavy atom. The van der Waals surface area contributed by atoms with E-state index in [1.165, 1.54) is 13.3 Å². The summed E-state index contributed by atoms with van der Waals surface area (Å²) in [4.78, 5) is 15.1. The molecule has 1 rings (SSSR count). The van der Waals surface area contributed by atoms with Gasteiger partial charge in [0.2, 0.25) is 0 Å². The summed E-state index contributed by atoms with van der Waals surface area (Å²) in [5.41, 5.74) is 6.69. The molecule has 0 aliphatic carbocycles. The molecule has 0 aromatic carbocycles. The van der Waals surface area contributed by atoms with Crippen LogP contribution < -0.4 is 5.73 Å². The van der Waals surface area contributed by atoms with Gasteiger partial charge in [-0.1, -0.05) is 0 Å². The van der Waals surface area contributed by atoms with Crippen LogP contribution in [0.2, 0.25) is 0 Å². The van der Waals surface area contributed by atoms with E-state index in [0.29, 0.717) is 12.0 Å². The number of hydrogen-bond acceptors (Lipinski definition) is 5. The van der Waals surface area contributed by atoms with Crippen LogP contribution in [0.15, 0.2) is 18.3 Å². The van der Waals surface area contributed by atoms with Crippen molar-refractivity contribution in [3.8, 4) is 0 Å². The molecule has 1 aromatic rings. The molecule has 0 saturated heterocycles. The highest BCUT2D eigenvalue weighted by Crippen LogP contribution is 2.03. The van der Waals surface area contributed by atoms with Gasteiger partial charge in [-0.05, 0) is 12.1 Å². The second kappa shape index (κ2) is 5.43. The van der Waals surface area contributed by atoms with Gasteiger partial charge in [-0.2, -0.15) is 0 Å². The van der Waals surface area contributed by atoms with Crippen LogP contribution in [-0.4, -0.2) is 35.8 Å². The molecule has 15 heavy (non-hydrogen) atoms. The van der Waals surface area contributed by atoms with Crippen molar-refractivity contribution in [3.63, 3.8) is 0 Å². The van der Waals surface area contributed by atoms with Crippen molar-refractivity contribution in [3.05, 3.63) is 29.6 Å². The van der Waals surface area contributed by atoms with E-state index in [-0.39, 0.29) is 12.6 Å². The Bertz CT molecular complexity index is 324. The van der Waals surface area contributed by atoms with Crippen LogP contribution in [0.4, 0.5) is 0 Å². The quantitative estimate of drug-likeness (QED) is 0.668. The zero-order valence-corrected chi connectivity index (χ0v) is 8.51. The molecule has 5 heteroatoms. The number of ether oxygens (including phenoxy) is 1. The van der Waals surface area contributed by atoms with E-state index in [9.17, 15) is 4.79 Å². The van der Waals surface area contributed by atoms with E-state index in [1.807, 2.05) is 0 Å². The molecule has 0 bridgehead atoms. The van der Waals surface area contributed by atoms with E-state index >= 15 is 0 Å². The molecule has 0 amide bonds. The molecule has 0 spiro atoms. The first-order chi connectivity index (χ1) is 7.17. The topological polar surface area (TPSA) is 85.4 Å². The summed E-state index contributed by atoms with van der Waals surface area (Å²) in [7, 11) is 1.32. The number of rotatable bonds is 4. The van der Waals surface area contributed by atoms with Gasteiger partial charge in [-0.3, -0.25) is 4.98 Å². The molecule has 0 fully saturated rings. The summed E-state index contributed by atoms with van der Waals surface area (Å²) in [6, 6.07) is 3.00. The van der Waals surface area contributed by atoms with Gasteiger partial charge in [0.05, 0.1) is 19.3 Å². The third-order valence-corrected chi connectivity index (χ3v) is 1.95. The second-order valence-corrected chi connectivity index (χ2v) is 3.18. The average molecular weight is 210 g/mol. The van der Waals surface area contributed by atoms with E-state index in [4.69, 9.17) is 10.8 Å². The van der Waals surface area contributed by atoms with E-state index in [0.717, 1.165) is 5.69 Å². The average Bonchev–Trinajstić information content (AvgIpc) is 2.29. The van der Waals surface area contributed by atoms with Crippen molar-refractivity contribution in [1.29, 1.82) is 0 Å². The first-order valence-electron chi connectivity index (χ1n) is 4.57. The number of nitrogens with two attached hydrogens (primary N) is 1. The summed E-state index contributed by atoms with van der Waals surface area (Å²) in [6.45, 7) is -0.0829. The summed E-state index contributed by atoms with van der Waals surface area (Å²) in [5.74, 6) is -0.416. The zero-order chi connectivity index (χ0) is 11.3. The Labute approximate surface area is 87.9 Å². The molecule has 0 saturated carbocycles. The lowest BCUT2D eigenvalue weighted by Gasteiger charge is -2.07. The molecule has 82 valence electrons. The molecule has 0 aliphatic heterocycles. The number of esters is 1. The van der Waals surface area contributed by atoms with Crippen molar-refractivity contribution >= 4 is 5.97 Å². The monoisotopic (exact) mass is 210 g/mol. The van der Waals surface area contributed by atoms with Gasteiger partial charge < -0.3 is 15.6 Å². The maximum atomic E-state index is 11.1. The highest BCUT2D eigenvalue weighted by molar-refractivity contribution is 5.88. The SMILES string of the molecule is COC(=O)c1ccc(CC(N)CO)nc1.